The molecule has 0 atom stereocenters. The zero-order valence-electron chi connectivity index (χ0n) is 12.7. The monoisotopic (exact) mass is 310 g/mol. The lowest BCUT2D eigenvalue weighted by Crippen LogP contribution is -2.41. The molecule has 0 spiro atoms. The Morgan fingerprint density at radius 1 is 1.33 bits per heavy atom. The lowest BCUT2D eigenvalue weighted by atomic mass is 9.77. The molecule has 0 unspecified atom stereocenters. The molecule has 0 radical (unpaired) electrons. The van der Waals surface area contributed by atoms with Crippen LogP contribution in [0.3, 0.4) is 0 Å². The highest BCUT2D eigenvalue weighted by molar-refractivity contribution is 6.55. The number of anilines is 1. The van der Waals surface area contributed by atoms with Gasteiger partial charge in [0, 0.05) is 6.54 Å². The van der Waals surface area contributed by atoms with Gasteiger partial charge in [0.25, 0.3) is 0 Å². The van der Waals surface area contributed by atoms with Crippen molar-refractivity contribution < 1.29 is 9.31 Å². The van der Waals surface area contributed by atoms with E-state index in [1.54, 1.807) is 6.08 Å². The topological polar surface area (TPSA) is 96.3 Å². The second-order valence-corrected chi connectivity index (χ2v) is 6.34. The van der Waals surface area contributed by atoms with Crippen LogP contribution in [0.4, 0.5) is 5.82 Å². The predicted octanol–water partition coefficient (Wildman–Crippen LogP) is 1.69. The van der Waals surface area contributed by atoms with Crippen LogP contribution in [0.15, 0.2) is 11.7 Å². The van der Waals surface area contributed by atoms with Crippen LogP contribution in [0.2, 0.25) is 5.15 Å². The summed E-state index contributed by atoms with van der Waals surface area (Å²) in [6, 6.07) is 0. The largest absolute Gasteiger partial charge is 0.491 e. The van der Waals surface area contributed by atoms with Crippen LogP contribution in [-0.4, -0.2) is 34.8 Å². The minimum Gasteiger partial charge on any atom is -0.400 e. The van der Waals surface area contributed by atoms with Gasteiger partial charge in [0.15, 0.2) is 11.0 Å². The summed E-state index contributed by atoms with van der Waals surface area (Å²) in [7, 11) is -0.516. The zero-order valence-corrected chi connectivity index (χ0v) is 13.4. The predicted molar refractivity (Wildman–Crippen MR) is 84.6 cm³/mol. The standard InChI is InChI=1S/C13H20BClN4O2/c1-12(2)13(3,4)21-14(20-12)8(6-16)5-9-7-18-11(17)10(15)19-9/h5,7H,6,16H2,1-4H3,(H2,17,18). The van der Waals surface area contributed by atoms with Crippen LogP contribution < -0.4 is 11.5 Å². The molecular formula is C13H20BClN4O2. The van der Waals surface area contributed by atoms with E-state index in [1.165, 1.54) is 6.20 Å². The summed E-state index contributed by atoms with van der Waals surface area (Å²) < 4.78 is 11.9. The molecule has 114 valence electrons. The molecule has 0 aromatic carbocycles. The Bertz CT molecular complexity index is 561. The zero-order chi connectivity index (χ0) is 15.8. The van der Waals surface area contributed by atoms with E-state index >= 15 is 0 Å². The third-order valence-electron chi connectivity index (χ3n) is 3.90. The summed E-state index contributed by atoms with van der Waals surface area (Å²) in [6.45, 7) is 8.23. The first-order valence-electron chi connectivity index (χ1n) is 6.70. The van der Waals surface area contributed by atoms with Crippen molar-refractivity contribution in [2.45, 2.75) is 38.9 Å². The molecule has 0 bridgehead atoms. The quantitative estimate of drug-likeness (QED) is 0.825. The second kappa shape index (κ2) is 5.57. The molecule has 1 aliphatic heterocycles. The van der Waals surface area contributed by atoms with E-state index < -0.39 is 18.3 Å². The maximum Gasteiger partial charge on any atom is 0.491 e. The SMILES string of the molecule is CC1(C)OB(C(=Cc2cnc(N)c(Cl)n2)CN)OC1(C)C. The molecule has 0 amide bonds. The van der Waals surface area contributed by atoms with Gasteiger partial charge in [0.1, 0.15) is 0 Å². The van der Waals surface area contributed by atoms with E-state index in [-0.39, 0.29) is 17.5 Å². The molecular weight excluding hydrogens is 290 g/mol. The minimum atomic E-state index is -0.516. The summed E-state index contributed by atoms with van der Waals surface area (Å²) in [5.74, 6) is 0.193. The minimum absolute atomic E-state index is 0.161. The van der Waals surface area contributed by atoms with Gasteiger partial charge in [0.2, 0.25) is 0 Å². The molecule has 0 saturated carbocycles. The molecule has 6 nitrogen and oxygen atoms in total. The first-order chi connectivity index (χ1) is 9.66. The van der Waals surface area contributed by atoms with E-state index in [1.807, 2.05) is 27.7 Å². The molecule has 4 N–H and O–H groups in total. The molecule has 2 rings (SSSR count). The van der Waals surface area contributed by atoms with Crippen molar-refractivity contribution in [3.8, 4) is 0 Å². The van der Waals surface area contributed by atoms with E-state index in [2.05, 4.69) is 9.97 Å². The van der Waals surface area contributed by atoms with Gasteiger partial charge in [-0.1, -0.05) is 11.6 Å². The lowest BCUT2D eigenvalue weighted by molar-refractivity contribution is 0.00578. The van der Waals surface area contributed by atoms with Crippen molar-refractivity contribution in [1.29, 1.82) is 0 Å². The fourth-order valence-electron chi connectivity index (χ4n) is 1.87. The van der Waals surface area contributed by atoms with Crippen LogP contribution in [-0.2, 0) is 9.31 Å². The van der Waals surface area contributed by atoms with Crippen molar-refractivity contribution in [3.63, 3.8) is 0 Å². The summed E-state index contributed by atoms with van der Waals surface area (Å²) in [5, 5.41) is 0.161. The van der Waals surface area contributed by atoms with Gasteiger partial charge in [0.05, 0.1) is 23.1 Å². The average Bonchev–Trinajstić information content (AvgIpc) is 2.59. The summed E-state index contributed by atoms with van der Waals surface area (Å²) in [4.78, 5) is 8.11. The van der Waals surface area contributed by atoms with E-state index in [4.69, 9.17) is 32.4 Å². The molecule has 1 fully saturated rings. The Morgan fingerprint density at radius 3 is 2.38 bits per heavy atom. The lowest BCUT2D eigenvalue weighted by Gasteiger charge is -2.32. The van der Waals surface area contributed by atoms with Gasteiger partial charge in [-0.05, 0) is 39.2 Å². The third-order valence-corrected chi connectivity index (χ3v) is 4.18. The molecule has 21 heavy (non-hydrogen) atoms. The van der Waals surface area contributed by atoms with E-state index in [0.29, 0.717) is 5.69 Å². The van der Waals surface area contributed by atoms with Crippen LogP contribution >= 0.6 is 11.6 Å². The Labute approximate surface area is 130 Å². The Hall–Kier alpha value is -1.15. The summed E-state index contributed by atoms with van der Waals surface area (Å²) >= 11 is 5.87. The molecule has 2 heterocycles. The van der Waals surface area contributed by atoms with Gasteiger partial charge in [-0.15, -0.1) is 0 Å². The average molecular weight is 311 g/mol. The normalized spacial score (nSPS) is 20.9. The van der Waals surface area contributed by atoms with Gasteiger partial charge >= 0.3 is 7.12 Å². The van der Waals surface area contributed by atoms with Gasteiger partial charge < -0.3 is 20.8 Å². The number of aromatic nitrogens is 2. The number of halogens is 1. The van der Waals surface area contributed by atoms with Gasteiger partial charge in [-0.3, -0.25) is 0 Å². The molecule has 0 aliphatic carbocycles. The highest BCUT2D eigenvalue weighted by Crippen LogP contribution is 2.38. The molecule has 8 heteroatoms. The maximum atomic E-state index is 5.97. The van der Waals surface area contributed by atoms with Crippen molar-refractivity contribution in [3.05, 3.63) is 22.5 Å². The Kier molecular flexibility index (Phi) is 4.30. The smallest absolute Gasteiger partial charge is 0.400 e. The van der Waals surface area contributed by atoms with Crippen LogP contribution in [0.5, 0.6) is 0 Å². The van der Waals surface area contributed by atoms with Gasteiger partial charge in [-0.25, -0.2) is 9.97 Å². The highest BCUT2D eigenvalue weighted by Gasteiger charge is 2.52. The van der Waals surface area contributed by atoms with Crippen LogP contribution in [0, 0.1) is 0 Å². The first-order valence-corrected chi connectivity index (χ1v) is 7.08. The molecule has 1 aromatic rings. The fraction of sp³-hybridized carbons (Fsp3) is 0.538. The highest BCUT2D eigenvalue weighted by atomic mass is 35.5. The summed E-state index contributed by atoms with van der Waals surface area (Å²) in [5.41, 5.74) is 11.8. The number of hydrogen-bond donors (Lipinski definition) is 2. The Balaban J connectivity index is 2.28. The number of nitrogen functional groups attached to an aromatic ring is 1. The van der Waals surface area contributed by atoms with E-state index in [9.17, 15) is 0 Å². The van der Waals surface area contributed by atoms with Crippen molar-refractivity contribution in [1.82, 2.24) is 9.97 Å². The molecule has 1 aliphatic rings. The molecule has 1 saturated heterocycles. The van der Waals surface area contributed by atoms with Crippen molar-refractivity contribution in [2.75, 3.05) is 12.3 Å². The van der Waals surface area contributed by atoms with Crippen molar-refractivity contribution in [2.24, 2.45) is 5.73 Å². The first kappa shape index (κ1) is 16.2. The summed E-state index contributed by atoms with van der Waals surface area (Å²) in [6.07, 6.45) is 3.29. The van der Waals surface area contributed by atoms with E-state index in [0.717, 1.165) is 5.47 Å². The number of rotatable bonds is 3. The number of nitrogens with two attached hydrogens (primary N) is 2. The van der Waals surface area contributed by atoms with Gasteiger partial charge in [-0.2, -0.15) is 0 Å². The third kappa shape index (κ3) is 3.21. The second-order valence-electron chi connectivity index (χ2n) is 5.98. The maximum absolute atomic E-state index is 5.97. The number of nitrogens with zero attached hydrogens (tertiary/aromatic N) is 2. The molecule has 1 aromatic heterocycles. The fourth-order valence-corrected chi connectivity index (χ4v) is 2.01. The Morgan fingerprint density at radius 2 is 1.90 bits per heavy atom. The number of hydrogen-bond acceptors (Lipinski definition) is 6. The van der Waals surface area contributed by atoms with Crippen LogP contribution in [0.25, 0.3) is 6.08 Å². The van der Waals surface area contributed by atoms with Crippen LogP contribution in [0.1, 0.15) is 33.4 Å². The van der Waals surface area contributed by atoms with Crippen molar-refractivity contribution >= 4 is 30.6 Å².